The first-order valence-corrected chi connectivity index (χ1v) is 9.24. The number of aliphatic hydroxyl groups excluding tert-OH is 3. The first-order valence-electron chi connectivity index (χ1n) is 9.24. The van der Waals surface area contributed by atoms with E-state index >= 15 is 0 Å². The van der Waals surface area contributed by atoms with Crippen LogP contribution in [-0.2, 0) is 14.3 Å². The van der Waals surface area contributed by atoms with E-state index in [4.69, 9.17) is 4.74 Å². The highest BCUT2D eigenvalue weighted by Gasteiger charge is 2.58. The molecule has 1 aliphatic heterocycles. The second-order valence-corrected chi connectivity index (χ2v) is 8.55. The average molecular weight is 364 g/mol. The van der Waals surface area contributed by atoms with Crippen molar-refractivity contribution < 1.29 is 29.6 Å². The third-order valence-corrected chi connectivity index (χ3v) is 7.19. The highest BCUT2D eigenvalue weighted by molar-refractivity contribution is 6.18. The summed E-state index contributed by atoms with van der Waals surface area (Å²) in [4.78, 5) is 24.5. The molecule has 0 aromatic carbocycles. The lowest BCUT2D eigenvalue weighted by Gasteiger charge is -2.59. The van der Waals surface area contributed by atoms with E-state index in [1.807, 2.05) is 6.92 Å². The van der Waals surface area contributed by atoms with Crippen LogP contribution in [0.5, 0.6) is 0 Å². The highest BCUT2D eigenvalue weighted by atomic mass is 16.5. The lowest BCUT2D eigenvalue weighted by atomic mass is 9.46. The number of Topliss-reactive ketones (excluding diaryl/α,β-unsaturated/α-hetero) is 1. The van der Waals surface area contributed by atoms with Gasteiger partial charge in [-0.2, -0.15) is 0 Å². The van der Waals surface area contributed by atoms with Crippen molar-refractivity contribution in [1.29, 1.82) is 0 Å². The average Bonchev–Trinajstić information content (AvgIpc) is 2.93. The maximum atomic E-state index is 12.7. The number of cyclic esters (lactones) is 1. The van der Waals surface area contributed by atoms with Gasteiger partial charge in [-0.3, -0.25) is 4.79 Å². The van der Waals surface area contributed by atoms with E-state index in [2.05, 4.69) is 13.5 Å². The SMILES string of the molecule is C=C1CC[C@@H]2[C@](C)(CO)[C@H](O)CC[C@@]2(C)[C@@H]1CC(=O)C1=C(O)COC1=O. The van der Waals surface area contributed by atoms with Crippen molar-refractivity contribution in [3.05, 3.63) is 23.5 Å². The van der Waals surface area contributed by atoms with Gasteiger partial charge < -0.3 is 20.1 Å². The summed E-state index contributed by atoms with van der Waals surface area (Å²) in [5, 5.41) is 30.3. The topological polar surface area (TPSA) is 104 Å². The molecule has 3 aliphatic rings. The standard InChI is InChI=1S/C20H28O6/c1-11-4-5-15-19(2,7-6-16(24)20(15,3)10-21)12(11)8-13(22)17-14(23)9-26-18(17)25/h12,15-16,21,23-24H,1,4-10H2,2-3H3/t12-,15+,16-,19+,20+/m1/s1. The van der Waals surface area contributed by atoms with E-state index in [0.29, 0.717) is 6.42 Å². The molecule has 6 heteroatoms. The summed E-state index contributed by atoms with van der Waals surface area (Å²) in [6.07, 6.45) is 2.31. The van der Waals surface area contributed by atoms with Crippen LogP contribution in [0.15, 0.2) is 23.5 Å². The first kappa shape index (κ1) is 19.1. The quantitative estimate of drug-likeness (QED) is 0.401. The summed E-state index contributed by atoms with van der Waals surface area (Å²) in [5.41, 5.74) is -0.215. The molecule has 0 spiro atoms. The summed E-state index contributed by atoms with van der Waals surface area (Å²) >= 11 is 0. The predicted octanol–water partition coefficient (Wildman–Crippen LogP) is 2.06. The summed E-state index contributed by atoms with van der Waals surface area (Å²) in [6, 6.07) is 0. The molecule has 0 aromatic heterocycles. The zero-order valence-corrected chi connectivity index (χ0v) is 15.5. The van der Waals surface area contributed by atoms with Crippen molar-refractivity contribution in [2.24, 2.45) is 22.7 Å². The number of aliphatic hydroxyl groups is 3. The number of carbonyl (C=O) groups is 2. The Morgan fingerprint density at radius 3 is 2.62 bits per heavy atom. The molecule has 0 radical (unpaired) electrons. The molecule has 0 aromatic rings. The second-order valence-electron chi connectivity index (χ2n) is 8.55. The van der Waals surface area contributed by atoms with Gasteiger partial charge in [-0.25, -0.2) is 4.79 Å². The van der Waals surface area contributed by atoms with Gasteiger partial charge in [0.15, 0.2) is 5.78 Å². The Morgan fingerprint density at radius 2 is 2.04 bits per heavy atom. The van der Waals surface area contributed by atoms with E-state index in [-0.39, 0.29) is 48.2 Å². The summed E-state index contributed by atoms with van der Waals surface area (Å²) < 4.78 is 4.74. The molecular weight excluding hydrogens is 336 g/mol. The Balaban J connectivity index is 1.91. The van der Waals surface area contributed by atoms with Crippen molar-refractivity contribution in [1.82, 2.24) is 0 Å². The van der Waals surface area contributed by atoms with E-state index in [9.17, 15) is 24.9 Å². The van der Waals surface area contributed by atoms with Gasteiger partial charge in [0, 0.05) is 11.8 Å². The van der Waals surface area contributed by atoms with Gasteiger partial charge in [-0.15, -0.1) is 0 Å². The largest absolute Gasteiger partial charge is 0.508 e. The van der Waals surface area contributed by atoms with E-state index in [1.54, 1.807) is 0 Å². The monoisotopic (exact) mass is 364 g/mol. The number of hydrogen-bond donors (Lipinski definition) is 3. The predicted molar refractivity (Wildman–Crippen MR) is 94.1 cm³/mol. The molecule has 0 amide bonds. The molecule has 2 aliphatic carbocycles. The van der Waals surface area contributed by atoms with Gasteiger partial charge in [0.25, 0.3) is 0 Å². The number of hydrogen-bond acceptors (Lipinski definition) is 6. The van der Waals surface area contributed by atoms with Gasteiger partial charge in [0.1, 0.15) is 17.9 Å². The van der Waals surface area contributed by atoms with Crippen molar-refractivity contribution in [2.75, 3.05) is 13.2 Å². The number of ketones is 1. The van der Waals surface area contributed by atoms with Crippen LogP contribution in [0.2, 0.25) is 0 Å². The second kappa shape index (κ2) is 6.50. The highest BCUT2D eigenvalue weighted by Crippen LogP contribution is 2.61. The third-order valence-electron chi connectivity index (χ3n) is 7.19. The molecule has 26 heavy (non-hydrogen) atoms. The molecule has 144 valence electrons. The number of allylic oxidation sites excluding steroid dienone is 1. The van der Waals surface area contributed by atoms with Gasteiger partial charge in [0.2, 0.25) is 0 Å². The van der Waals surface area contributed by atoms with Crippen LogP contribution in [-0.4, -0.2) is 46.4 Å². The van der Waals surface area contributed by atoms with Gasteiger partial charge >= 0.3 is 5.97 Å². The molecule has 0 bridgehead atoms. The molecule has 5 atom stereocenters. The number of fused-ring (bicyclic) bond motifs is 1. The fourth-order valence-electron chi connectivity index (χ4n) is 5.54. The minimum atomic E-state index is -0.769. The number of esters is 1. The molecule has 2 saturated carbocycles. The van der Waals surface area contributed by atoms with Crippen molar-refractivity contribution in [3.8, 4) is 0 Å². The normalized spacial score (nSPS) is 40.4. The van der Waals surface area contributed by atoms with Crippen molar-refractivity contribution >= 4 is 11.8 Å². The zero-order valence-electron chi connectivity index (χ0n) is 15.5. The van der Waals surface area contributed by atoms with Crippen LogP contribution in [0, 0.1) is 22.7 Å². The molecule has 3 N–H and O–H groups in total. The molecule has 2 fully saturated rings. The summed E-state index contributed by atoms with van der Waals surface area (Å²) in [5.74, 6) is -1.61. The van der Waals surface area contributed by atoms with Crippen LogP contribution < -0.4 is 0 Å². The maximum Gasteiger partial charge on any atom is 0.345 e. The Labute approximate surface area is 153 Å². The summed E-state index contributed by atoms with van der Waals surface area (Å²) in [7, 11) is 0. The lowest BCUT2D eigenvalue weighted by Crippen LogP contribution is -2.57. The maximum absolute atomic E-state index is 12.7. The van der Waals surface area contributed by atoms with E-state index < -0.39 is 23.3 Å². The zero-order chi connectivity index (χ0) is 19.3. The Morgan fingerprint density at radius 1 is 1.35 bits per heavy atom. The smallest absolute Gasteiger partial charge is 0.345 e. The number of carbonyl (C=O) groups excluding carboxylic acids is 2. The van der Waals surface area contributed by atoms with Crippen LogP contribution in [0.4, 0.5) is 0 Å². The van der Waals surface area contributed by atoms with Crippen molar-refractivity contribution in [3.63, 3.8) is 0 Å². The molecular formula is C20H28O6. The fourth-order valence-corrected chi connectivity index (χ4v) is 5.54. The molecule has 6 nitrogen and oxygen atoms in total. The van der Waals surface area contributed by atoms with Crippen molar-refractivity contribution in [2.45, 2.75) is 52.1 Å². The Kier molecular flexibility index (Phi) is 4.78. The van der Waals surface area contributed by atoms with Crippen LogP contribution in [0.1, 0.15) is 46.0 Å². The fraction of sp³-hybridized carbons (Fsp3) is 0.700. The van der Waals surface area contributed by atoms with Gasteiger partial charge in [0.05, 0.1) is 12.7 Å². The minimum Gasteiger partial charge on any atom is -0.508 e. The summed E-state index contributed by atoms with van der Waals surface area (Å²) in [6.45, 7) is 7.82. The number of ether oxygens (including phenoxy) is 1. The Bertz CT molecular complexity index is 680. The Hall–Kier alpha value is -1.66. The molecule has 0 saturated heterocycles. The third kappa shape index (κ3) is 2.70. The van der Waals surface area contributed by atoms with Gasteiger partial charge in [-0.05, 0) is 42.9 Å². The van der Waals surface area contributed by atoms with Crippen LogP contribution in [0.25, 0.3) is 0 Å². The lowest BCUT2D eigenvalue weighted by molar-refractivity contribution is -0.154. The molecule has 0 unspecified atom stereocenters. The van der Waals surface area contributed by atoms with E-state index in [0.717, 1.165) is 24.8 Å². The minimum absolute atomic E-state index is 0.0464. The van der Waals surface area contributed by atoms with Crippen LogP contribution in [0.3, 0.4) is 0 Å². The molecule has 1 heterocycles. The molecule has 3 rings (SSSR count). The van der Waals surface area contributed by atoms with Crippen LogP contribution >= 0.6 is 0 Å². The number of rotatable bonds is 4. The van der Waals surface area contributed by atoms with Gasteiger partial charge in [-0.1, -0.05) is 26.0 Å². The van der Waals surface area contributed by atoms with E-state index in [1.165, 1.54) is 0 Å². The first-order chi connectivity index (χ1) is 12.1.